The standard InChI is InChI=1S/C31H35N5O3/c1-5-25(21-9-7-6-8-10-21)33-29(37)22-11-12-26-23(17-22)24(30(38)34-26)18-27-19(2)28(20(3)32-27)31(39)36-15-13-35(4)14-16-36/h6-12,17-18,25,32H,5,13-16H2,1-4H3,(H,33,37)(H,34,38)/b24-18-/t25-/m0/s1. The SMILES string of the molecule is CC[C@H](NC(=O)c1ccc2c(c1)/C(=C/c1[nH]c(C)c(C(=O)N3CCN(C)CC3)c1C)C(=O)N2)c1ccccc1. The second-order valence-electron chi connectivity index (χ2n) is 10.4. The maximum absolute atomic E-state index is 13.3. The minimum Gasteiger partial charge on any atom is -0.358 e. The van der Waals surface area contributed by atoms with E-state index in [0.29, 0.717) is 46.7 Å². The van der Waals surface area contributed by atoms with Gasteiger partial charge in [0.25, 0.3) is 17.7 Å². The Bertz CT molecular complexity index is 1450. The average Bonchev–Trinajstić information content (AvgIpc) is 3.41. The second kappa shape index (κ2) is 10.9. The van der Waals surface area contributed by atoms with Crippen molar-refractivity contribution < 1.29 is 14.4 Å². The fourth-order valence-electron chi connectivity index (χ4n) is 5.37. The summed E-state index contributed by atoms with van der Waals surface area (Å²) in [6.45, 7) is 8.92. The van der Waals surface area contributed by atoms with E-state index in [4.69, 9.17) is 0 Å². The number of anilines is 1. The molecule has 202 valence electrons. The summed E-state index contributed by atoms with van der Waals surface area (Å²) >= 11 is 0. The molecular formula is C31H35N5O3. The third-order valence-electron chi connectivity index (χ3n) is 7.75. The number of hydrogen-bond acceptors (Lipinski definition) is 4. The molecule has 0 aliphatic carbocycles. The van der Waals surface area contributed by atoms with Crippen LogP contribution in [0, 0.1) is 13.8 Å². The molecular weight excluding hydrogens is 490 g/mol. The number of hydrogen-bond donors (Lipinski definition) is 3. The Hall–Kier alpha value is -4.17. The van der Waals surface area contributed by atoms with Gasteiger partial charge in [0.2, 0.25) is 0 Å². The highest BCUT2D eigenvalue weighted by molar-refractivity contribution is 6.35. The summed E-state index contributed by atoms with van der Waals surface area (Å²) in [6.07, 6.45) is 2.54. The molecule has 8 heteroatoms. The molecule has 0 saturated carbocycles. The smallest absolute Gasteiger partial charge is 0.256 e. The lowest BCUT2D eigenvalue weighted by atomic mass is 10.0. The first-order chi connectivity index (χ1) is 18.8. The van der Waals surface area contributed by atoms with E-state index >= 15 is 0 Å². The van der Waals surface area contributed by atoms with Gasteiger partial charge in [-0.3, -0.25) is 14.4 Å². The van der Waals surface area contributed by atoms with Crippen molar-refractivity contribution in [2.75, 3.05) is 38.5 Å². The second-order valence-corrected chi connectivity index (χ2v) is 10.4. The van der Waals surface area contributed by atoms with Crippen molar-refractivity contribution in [3.8, 4) is 0 Å². The lowest BCUT2D eigenvalue weighted by molar-refractivity contribution is -0.110. The zero-order valence-electron chi connectivity index (χ0n) is 22.9. The number of rotatable bonds is 6. The van der Waals surface area contributed by atoms with Crippen LogP contribution in [0.4, 0.5) is 5.69 Å². The zero-order valence-corrected chi connectivity index (χ0v) is 22.9. The van der Waals surface area contributed by atoms with E-state index in [1.54, 1.807) is 24.3 Å². The molecule has 8 nitrogen and oxygen atoms in total. The highest BCUT2D eigenvalue weighted by Gasteiger charge is 2.29. The molecule has 1 saturated heterocycles. The number of nitrogens with zero attached hydrogens (tertiary/aromatic N) is 2. The van der Waals surface area contributed by atoms with Crippen LogP contribution in [0.15, 0.2) is 48.5 Å². The third-order valence-corrected chi connectivity index (χ3v) is 7.75. The van der Waals surface area contributed by atoms with Crippen LogP contribution >= 0.6 is 0 Å². The van der Waals surface area contributed by atoms with Crippen molar-refractivity contribution in [2.45, 2.75) is 33.2 Å². The topological polar surface area (TPSA) is 97.5 Å². The van der Waals surface area contributed by atoms with E-state index in [1.807, 2.05) is 56.0 Å². The lowest BCUT2D eigenvalue weighted by Crippen LogP contribution is -2.47. The molecule has 2 aliphatic heterocycles. The number of amides is 3. The number of piperazine rings is 1. The number of carbonyl (C=O) groups excluding carboxylic acids is 3. The molecule has 2 aromatic carbocycles. The van der Waals surface area contributed by atoms with Crippen LogP contribution in [0.1, 0.15) is 68.2 Å². The Kier molecular flexibility index (Phi) is 7.39. The molecule has 39 heavy (non-hydrogen) atoms. The van der Waals surface area contributed by atoms with E-state index in [-0.39, 0.29) is 23.8 Å². The van der Waals surface area contributed by atoms with Gasteiger partial charge < -0.3 is 25.4 Å². The van der Waals surface area contributed by atoms with E-state index in [9.17, 15) is 14.4 Å². The van der Waals surface area contributed by atoms with Gasteiger partial charge in [-0.05, 0) is 62.7 Å². The molecule has 3 amide bonds. The van der Waals surface area contributed by atoms with Crippen molar-refractivity contribution in [1.82, 2.24) is 20.1 Å². The predicted molar refractivity (Wildman–Crippen MR) is 154 cm³/mol. The number of aromatic nitrogens is 1. The summed E-state index contributed by atoms with van der Waals surface area (Å²) in [5, 5.41) is 6.02. The number of H-pyrrole nitrogens is 1. The van der Waals surface area contributed by atoms with Gasteiger partial charge in [-0.25, -0.2) is 0 Å². The van der Waals surface area contributed by atoms with Crippen molar-refractivity contribution >= 4 is 35.1 Å². The summed E-state index contributed by atoms with van der Waals surface area (Å²) in [5.74, 6) is -0.422. The predicted octanol–water partition coefficient (Wildman–Crippen LogP) is 4.39. The highest BCUT2D eigenvalue weighted by atomic mass is 16.2. The number of likely N-dealkylation sites (N-methyl/N-ethyl adjacent to an activating group) is 1. The van der Waals surface area contributed by atoms with Gasteiger partial charge in [-0.15, -0.1) is 0 Å². The molecule has 1 atom stereocenters. The molecule has 3 N–H and O–H groups in total. The summed E-state index contributed by atoms with van der Waals surface area (Å²) in [5.41, 5.74) is 6.28. The van der Waals surface area contributed by atoms with Crippen molar-refractivity contribution in [2.24, 2.45) is 0 Å². The molecule has 1 fully saturated rings. The van der Waals surface area contributed by atoms with Gasteiger partial charge >= 0.3 is 0 Å². The van der Waals surface area contributed by atoms with Crippen molar-refractivity contribution in [3.05, 3.63) is 87.7 Å². The van der Waals surface area contributed by atoms with Crippen LogP contribution < -0.4 is 10.6 Å². The molecule has 3 aromatic rings. The minimum absolute atomic E-state index is 0.0122. The van der Waals surface area contributed by atoms with E-state index < -0.39 is 0 Å². The summed E-state index contributed by atoms with van der Waals surface area (Å²) in [7, 11) is 2.06. The number of carbonyl (C=O) groups is 3. The molecule has 0 spiro atoms. The minimum atomic E-state index is -0.239. The molecule has 2 aliphatic rings. The molecule has 0 bridgehead atoms. The number of nitrogens with one attached hydrogen (secondary N) is 3. The van der Waals surface area contributed by atoms with Gasteiger partial charge in [0.15, 0.2) is 0 Å². The molecule has 0 radical (unpaired) electrons. The Labute approximate surface area is 229 Å². The fourth-order valence-corrected chi connectivity index (χ4v) is 5.37. The van der Waals surface area contributed by atoms with Crippen LogP contribution in [-0.2, 0) is 4.79 Å². The van der Waals surface area contributed by atoms with E-state index in [0.717, 1.165) is 36.3 Å². The van der Waals surface area contributed by atoms with E-state index in [2.05, 4.69) is 27.6 Å². The molecule has 0 unspecified atom stereocenters. The normalized spacial score (nSPS) is 17.2. The average molecular weight is 526 g/mol. The quantitative estimate of drug-likeness (QED) is 0.416. The van der Waals surface area contributed by atoms with Gasteiger partial charge in [-0.1, -0.05) is 37.3 Å². The van der Waals surface area contributed by atoms with Crippen LogP contribution in [0.2, 0.25) is 0 Å². The Morgan fingerprint density at radius 2 is 1.77 bits per heavy atom. The maximum Gasteiger partial charge on any atom is 0.256 e. The Balaban J connectivity index is 1.41. The lowest BCUT2D eigenvalue weighted by Gasteiger charge is -2.32. The van der Waals surface area contributed by atoms with Crippen LogP contribution in [0.25, 0.3) is 11.6 Å². The fraction of sp³-hybridized carbons (Fsp3) is 0.323. The third kappa shape index (κ3) is 5.25. The monoisotopic (exact) mass is 525 g/mol. The first kappa shape index (κ1) is 26.4. The van der Waals surface area contributed by atoms with Crippen molar-refractivity contribution in [1.29, 1.82) is 0 Å². The number of aromatic amines is 1. The highest BCUT2D eigenvalue weighted by Crippen LogP contribution is 2.35. The van der Waals surface area contributed by atoms with Gasteiger partial charge in [0.05, 0.1) is 17.2 Å². The largest absolute Gasteiger partial charge is 0.358 e. The number of benzene rings is 2. The summed E-state index contributed by atoms with van der Waals surface area (Å²) in [6, 6.07) is 15.0. The molecule has 1 aromatic heterocycles. The summed E-state index contributed by atoms with van der Waals surface area (Å²) < 4.78 is 0. The van der Waals surface area contributed by atoms with Crippen molar-refractivity contribution in [3.63, 3.8) is 0 Å². The van der Waals surface area contributed by atoms with Gasteiger partial charge in [-0.2, -0.15) is 0 Å². The van der Waals surface area contributed by atoms with Crippen LogP contribution in [-0.4, -0.2) is 65.7 Å². The zero-order chi connectivity index (χ0) is 27.7. The van der Waals surface area contributed by atoms with Crippen LogP contribution in [0.5, 0.6) is 0 Å². The molecule has 5 rings (SSSR count). The summed E-state index contributed by atoms with van der Waals surface area (Å²) in [4.78, 5) is 46.9. The van der Waals surface area contributed by atoms with E-state index in [1.165, 1.54) is 0 Å². The number of aryl methyl sites for hydroxylation is 1. The molecule has 3 heterocycles. The Morgan fingerprint density at radius 1 is 1.05 bits per heavy atom. The maximum atomic E-state index is 13.3. The van der Waals surface area contributed by atoms with Gasteiger partial charge in [0, 0.05) is 54.4 Å². The first-order valence-electron chi connectivity index (χ1n) is 13.5. The number of fused-ring (bicyclic) bond motifs is 1. The first-order valence-corrected chi connectivity index (χ1v) is 13.5. The van der Waals surface area contributed by atoms with Gasteiger partial charge in [0.1, 0.15) is 0 Å². The van der Waals surface area contributed by atoms with Crippen LogP contribution in [0.3, 0.4) is 0 Å². The Morgan fingerprint density at radius 3 is 2.46 bits per heavy atom.